The summed E-state index contributed by atoms with van der Waals surface area (Å²) in [7, 11) is -3.56. The Balaban J connectivity index is 1.65. The molecule has 10 heteroatoms. The summed E-state index contributed by atoms with van der Waals surface area (Å²) in [6.07, 6.45) is 5.57. The molecule has 3 aromatic heterocycles. The van der Waals surface area contributed by atoms with E-state index in [-0.39, 0.29) is 5.92 Å². The molecule has 3 aromatic rings. The number of rotatable bonds is 4. The van der Waals surface area contributed by atoms with Crippen molar-refractivity contribution in [2.24, 2.45) is 0 Å². The summed E-state index contributed by atoms with van der Waals surface area (Å²) in [6.45, 7) is 4.38. The number of nitrogen functional groups attached to an aromatic ring is 1. The third-order valence-electron chi connectivity index (χ3n) is 4.81. The molecule has 8 nitrogen and oxygen atoms in total. The fourth-order valence-corrected chi connectivity index (χ4v) is 6.66. The summed E-state index contributed by atoms with van der Waals surface area (Å²) in [5.41, 5.74) is 8.93. The van der Waals surface area contributed by atoms with Crippen molar-refractivity contribution in [1.82, 2.24) is 24.2 Å². The van der Waals surface area contributed by atoms with Crippen LogP contribution in [-0.2, 0) is 10.0 Å². The molecule has 4 rings (SSSR count). The minimum absolute atomic E-state index is 0.0171. The van der Waals surface area contributed by atoms with Crippen molar-refractivity contribution in [1.29, 1.82) is 0 Å². The van der Waals surface area contributed by atoms with Crippen molar-refractivity contribution in [2.45, 2.75) is 30.4 Å². The van der Waals surface area contributed by atoms with E-state index in [9.17, 15) is 8.42 Å². The predicted octanol–water partition coefficient (Wildman–Crippen LogP) is 2.37. The van der Waals surface area contributed by atoms with Crippen LogP contribution in [0.2, 0.25) is 0 Å². The molecular weight excluding hydrogens is 396 g/mol. The number of thiazole rings is 1. The van der Waals surface area contributed by atoms with Gasteiger partial charge in [-0.1, -0.05) is 0 Å². The van der Waals surface area contributed by atoms with E-state index in [0.29, 0.717) is 35.2 Å². The topological polar surface area (TPSA) is 115 Å². The number of anilines is 1. The van der Waals surface area contributed by atoms with E-state index in [1.54, 1.807) is 25.4 Å². The molecule has 4 heterocycles. The first kappa shape index (κ1) is 18.9. The lowest BCUT2D eigenvalue weighted by atomic mass is 9.96. The largest absolute Gasteiger partial charge is 0.384 e. The molecule has 1 aliphatic heterocycles. The van der Waals surface area contributed by atoms with E-state index in [1.165, 1.54) is 22.0 Å². The molecule has 0 aliphatic carbocycles. The number of hydrogen-bond acceptors (Lipinski definition) is 8. The summed E-state index contributed by atoms with van der Waals surface area (Å²) >= 11 is 1.22. The Bertz CT molecular complexity index is 1130. The van der Waals surface area contributed by atoms with Crippen LogP contribution in [-0.4, -0.2) is 45.7 Å². The highest BCUT2D eigenvalue weighted by Gasteiger charge is 2.36. The SMILES string of the molecule is Cc1nc(C)c(S(=O)(=O)N2CC[C@@H](c3ncncc3-c3ccnc(N)c3)C2)s1. The minimum atomic E-state index is -3.56. The van der Waals surface area contributed by atoms with Gasteiger partial charge in [0.05, 0.1) is 16.4 Å². The van der Waals surface area contributed by atoms with Gasteiger partial charge in [-0.25, -0.2) is 28.4 Å². The summed E-state index contributed by atoms with van der Waals surface area (Å²) < 4.78 is 28.0. The molecular formula is C18H20N6O2S2. The third kappa shape index (κ3) is 3.38. The smallest absolute Gasteiger partial charge is 0.254 e. The molecule has 146 valence electrons. The molecule has 0 aromatic carbocycles. The number of aryl methyl sites for hydroxylation is 2. The average molecular weight is 417 g/mol. The van der Waals surface area contributed by atoms with Gasteiger partial charge >= 0.3 is 0 Å². The first-order chi connectivity index (χ1) is 13.4. The third-order valence-corrected chi connectivity index (χ3v) is 8.33. The number of aromatic nitrogens is 4. The molecule has 1 fully saturated rings. The summed E-state index contributed by atoms with van der Waals surface area (Å²) in [6, 6.07) is 3.63. The fourth-order valence-electron chi connectivity index (χ4n) is 3.54. The molecule has 0 spiro atoms. The molecule has 0 amide bonds. The maximum Gasteiger partial charge on any atom is 0.254 e. The van der Waals surface area contributed by atoms with Crippen LogP contribution >= 0.6 is 11.3 Å². The molecule has 0 saturated carbocycles. The van der Waals surface area contributed by atoms with E-state index < -0.39 is 10.0 Å². The van der Waals surface area contributed by atoms with Crippen molar-refractivity contribution < 1.29 is 8.42 Å². The van der Waals surface area contributed by atoms with Gasteiger partial charge in [0.1, 0.15) is 12.1 Å². The quantitative estimate of drug-likeness (QED) is 0.694. The zero-order valence-corrected chi connectivity index (χ0v) is 17.2. The second-order valence-electron chi connectivity index (χ2n) is 6.75. The number of pyridine rings is 1. The van der Waals surface area contributed by atoms with Gasteiger partial charge in [-0.05, 0) is 38.0 Å². The van der Waals surface area contributed by atoms with Crippen LogP contribution in [0.4, 0.5) is 5.82 Å². The number of nitrogens with two attached hydrogens (primary N) is 1. The Morgan fingerprint density at radius 3 is 2.82 bits per heavy atom. The van der Waals surface area contributed by atoms with Gasteiger partial charge in [0.25, 0.3) is 10.0 Å². The standard InChI is InChI=1S/C18H20N6O2S2/c1-11-18(27-12(2)23-11)28(25,26)24-6-4-14(9-24)17-15(8-20-10-22-17)13-3-5-21-16(19)7-13/h3,5,7-8,10,14H,4,6,9H2,1-2H3,(H2,19,21)/t14-/m1/s1. The maximum absolute atomic E-state index is 13.1. The Kier molecular flexibility index (Phi) is 4.86. The lowest BCUT2D eigenvalue weighted by Gasteiger charge is -2.17. The zero-order chi connectivity index (χ0) is 19.9. The normalized spacial score (nSPS) is 17.9. The van der Waals surface area contributed by atoms with Gasteiger partial charge in [-0.2, -0.15) is 4.31 Å². The van der Waals surface area contributed by atoms with Crippen molar-refractivity contribution in [3.63, 3.8) is 0 Å². The summed E-state index contributed by atoms with van der Waals surface area (Å²) in [5, 5.41) is 0.750. The van der Waals surface area contributed by atoms with E-state index in [0.717, 1.165) is 21.8 Å². The highest BCUT2D eigenvalue weighted by Crippen LogP contribution is 2.36. The van der Waals surface area contributed by atoms with Crippen molar-refractivity contribution in [3.05, 3.63) is 47.2 Å². The molecule has 1 aliphatic rings. The van der Waals surface area contributed by atoms with Crippen LogP contribution in [0.3, 0.4) is 0 Å². The minimum Gasteiger partial charge on any atom is -0.384 e. The van der Waals surface area contributed by atoms with Crippen LogP contribution in [0, 0.1) is 13.8 Å². The van der Waals surface area contributed by atoms with E-state index in [2.05, 4.69) is 19.9 Å². The van der Waals surface area contributed by atoms with Gasteiger partial charge in [-0.3, -0.25) is 0 Å². The summed E-state index contributed by atoms with van der Waals surface area (Å²) in [5.74, 6) is 0.399. The zero-order valence-electron chi connectivity index (χ0n) is 15.5. The molecule has 2 N–H and O–H groups in total. The lowest BCUT2D eigenvalue weighted by molar-refractivity contribution is 0.473. The van der Waals surface area contributed by atoms with Crippen LogP contribution in [0.1, 0.15) is 28.7 Å². The molecule has 28 heavy (non-hydrogen) atoms. The van der Waals surface area contributed by atoms with Crippen LogP contribution in [0.5, 0.6) is 0 Å². The van der Waals surface area contributed by atoms with Gasteiger partial charge in [0.2, 0.25) is 0 Å². The Hall–Kier alpha value is -2.43. The number of sulfonamides is 1. The first-order valence-electron chi connectivity index (χ1n) is 8.82. The predicted molar refractivity (Wildman–Crippen MR) is 107 cm³/mol. The summed E-state index contributed by atoms with van der Waals surface area (Å²) in [4.78, 5) is 16.9. The van der Waals surface area contributed by atoms with E-state index >= 15 is 0 Å². The van der Waals surface area contributed by atoms with Crippen molar-refractivity contribution in [3.8, 4) is 11.1 Å². The second-order valence-corrected chi connectivity index (χ2v) is 10.1. The second kappa shape index (κ2) is 7.19. The molecule has 0 unspecified atom stereocenters. The Morgan fingerprint density at radius 2 is 2.11 bits per heavy atom. The number of nitrogens with zero attached hydrogens (tertiary/aromatic N) is 5. The van der Waals surface area contributed by atoms with Crippen molar-refractivity contribution >= 4 is 27.2 Å². The van der Waals surface area contributed by atoms with Gasteiger partial charge in [0.15, 0.2) is 4.21 Å². The van der Waals surface area contributed by atoms with E-state index in [1.807, 2.05) is 13.0 Å². The molecule has 1 atom stereocenters. The molecule has 1 saturated heterocycles. The Morgan fingerprint density at radius 1 is 1.29 bits per heavy atom. The highest BCUT2D eigenvalue weighted by molar-refractivity contribution is 7.91. The first-order valence-corrected chi connectivity index (χ1v) is 11.1. The van der Waals surface area contributed by atoms with Crippen LogP contribution < -0.4 is 5.73 Å². The Labute approximate surface area is 167 Å². The average Bonchev–Trinajstić information content (AvgIpc) is 3.29. The van der Waals surface area contributed by atoms with Gasteiger partial charge in [0, 0.05) is 37.0 Å². The molecule has 0 radical (unpaired) electrons. The highest BCUT2D eigenvalue weighted by atomic mass is 32.2. The van der Waals surface area contributed by atoms with Gasteiger partial charge in [-0.15, -0.1) is 11.3 Å². The lowest BCUT2D eigenvalue weighted by Crippen LogP contribution is -2.28. The van der Waals surface area contributed by atoms with Gasteiger partial charge < -0.3 is 5.73 Å². The van der Waals surface area contributed by atoms with Crippen LogP contribution in [0.15, 0.2) is 35.1 Å². The number of hydrogen-bond donors (Lipinski definition) is 1. The monoisotopic (exact) mass is 416 g/mol. The fraction of sp³-hybridized carbons (Fsp3) is 0.333. The molecule has 0 bridgehead atoms. The maximum atomic E-state index is 13.1. The van der Waals surface area contributed by atoms with Crippen LogP contribution in [0.25, 0.3) is 11.1 Å². The van der Waals surface area contributed by atoms with E-state index in [4.69, 9.17) is 5.73 Å². The van der Waals surface area contributed by atoms with Crippen molar-refractivity contribution in [2.75, 3.05) is 18.8 Å².